The van der Waals surface area contributed by atoms with Gasteiger partial charge >= 0.3 is 0 Å². The second kappa shape index (κ2) is 5.30. The van der Waals surface area contributed by atoms with E-state index in [-0.39, 0.29) is 17.9 Å². The average Bonchev–Trinajstić information content (AvgIpc) is 2.82. The Bertz CT molecular complexity index is 461. The van der Waals surface area contributed by atoms with Crippen LogP contribution in [-0.2, 0) is 4.79 Å². The molecule has 1 unspecified atom stereocenters. The van der Waals surface area contributed by atoms with Crippen LogP contribution in [0.2, 0.25) is 0 Å². The van der Waals surface area contributed by atoms with Crippen molar-refractivity contribution < 1.29 is 9.59 Å². The first-order chi connectivity index (χ1) is 8.60. The summed E-state index contributed by atoms with van der Waals surface area (Å²) in [6.07, 6.45) is 1.14. The average molecular weight is 269 g/mol. The van der Waals surface area contributed by atoms with E-state index in [9.17, 15) is 9.59 Å². The maximum atomic E-state index is 11.9. The Morgan fingerprint density at radius 3 is 2.89 bits per heavy atom. The van der Waals surface area contributed by atoms with E-state index in [1.807, 2.05) is 0 Å². The van der Waals surface area contributed by atoms with Gasteiger partial charge in [0.15, 0.2) is 0 Å². The summed E-state index contributed by atoms with van der Waals surface area (Å²) in [4.78, 5) is 24.9. The summed E-state index contributed by atoms with van der Waals surface area (Å²) in [6.45, 7) is 0.544. The monoisotopic (exact) mass is 269 g/mol. The van der Waals surface area contributed by atoms with Gasteiger partial charge in [-0.25, -0.2) is 0 Å². The number of nitrogens with zero attached hydrogens (tertiary/aromatic N) is 3. The normalized spacial score (nSPS) is 19.8. The van der Waals surface area contributed by atoms with Crippen molar-refractivity contribution in [3.63, 3.8) is 0 Å². The molecule has 2 heterocycles. The van der Waals surface area contributed by atoms with Crippen molar-refractivity contribution >= 4 is 28.3 Å². The van der Waals surface area contributed by atoms with Gasteiger partial charge in [0.2, 0.25) is 16.0 Å². The van der Waals surface area contributed by atoms with Gasteiger partial charge in [0.1, 0.15) is 0 Å². The molecule has 0 radical (unpaired) electrons. The first-order valence-electron chi connectivity index (χ1n) is 5.66. The molecule has 7 nitrogen and oxygen atoms in total. The number of hydrogen-bond acceptors (Lipinski definition) is 6. The number of carbonyl (C=O) groups is 2. The first-order valence-corrected chi connectivity index (χ1v) is 6.48. The standard InChI is InChI=1S/C10H15N5O2S/c1-11-10-14-13-9(18-10)8(17)12-6-3-4-7(16)15(2)5-6/h6H,3-5H2,1-2H3,(H,11,14)(H,12,17). The molecule has 2 N–H and O–H groups in total. The number of likely N-dealkylation sites (N-methyl/N-ethyl adjacent to an activating group) is 1. The van der Waals surface area contributed by atoms with Crippen LogP contribution in [0.5, 0.6) is 0 Å². The van der Waals surface area contributed by atoms with Crippen molar-refractivity contribution in [3.8, 4) is 0 Å². The molecule has 2 rings (SSSR count). The van der Waals surface area contributed by atoms with Crippen LogP contribution in [0.15, 0.2) is 0 Å². The van der Waals surface area contributed by atoms with E-state index in [1.54, 1.807) is 19.0 Å². The maximum absolute atomic E-state index is 11.9. The molecule has 1 aromatic heterocycles. The third kappa shape index (κ3) is 2.76. The molecule has 0 saturated carbocycles. The molecule has 2 amide bonds. The summed E-state index contributed by atoms with van der Waals surface area (Å²) in [5, 5.41) is 14.2. The number of nitrogens with one attached hydrogen (secondary N) is 2. The third-order valence-corrected chi connectivity index (χ3v) is 3.73. The number of aromatic nitrogens is 2. The highest BCUT2D eigenvalue weighted by Crippen LogP contribution is 2.15. The Balaban J connectivity index is 1.93. The number of likely N-dealkylation sites (tertiary alicyclic amines) is 1. The van der Waals surface area contributed by atoms with Crippen molar-refractivity contribution in [3.05, 3.63) is 5.01 Å². The minimum atomic E-state index is -0.234. The van der Waals surface area contributed by atoms with Gasteiger partial charge in [-0.15, -0.1) is 10.2 Å². The lowest BCUT2D eigenvalue weighted by molar-refractivity contribution is -0.132. The molecule has 1 aliphatic heterocycles. The Labute approximate surface area is 109 Å². The van der Waals surface area contributed by atoms with Crippen LogP contribution >= 0.6 is 11.3 Å². The highest BCUT2D eigenvalue weighted by atomic mass is 32.1. The van der Waals surface area contributed by atoms with E-state index in [0.29, 0.717) is 29.5 Å². The van der Waals surface area contributed by atoms with E-state index in [2.05, 4.69) is 20.8 Å². The molecule has 1 atom stereocenters. The maximum Gasteiger partial charge on any atom is 0.282 e. The Kier molecular flexibility index (Phi) is 3.75. The lowest BCUT2D eigenvalue weighted by Crippen LogP contribution is -2.48. The van der Waals surface area contributed by atoms with Crippen molar-refractivity contribution in [2.24, 2.45) is 0 Å². The van der Waals surface area contributed by atoms with Crippen molar-refractivity contribution in [1.82, 2.24) is 20.4 Å². The quantitative estimate of drug-likeness (QED) is 0.802. The molecular weight excluding hydrogens is 254 g/mol. The van der Waals surface area contributed by atoms with Crippen LogP contribution in [0.4, 0.5) is 5.13 Å². The first kappa shape index (κ1) is 12.7. The van der Waals surface area contributed by atoms with Gasteiger partial charge in [-0.2, -0.15) is 0 Å². The second-order valence-electron chi connectivity index (χ2n) is 4.15. The van der Waals surface area contributed by atoms with E-state index in [1.165, 1.54) is 11.3 Å². The van der Waals surface area contributed by atoms with Gasteiger partial charge in [-0.3, -0.25) is 9.59 Å². The molecule has 0 aliphatic carbocycles. The molecule has 1 aliphatic rings. The number of carbonyl (C=O) groups excluding carboxylic acids is 2. The van der Waals surface area contributed by atoms with E-state index < -0.39 is 0 Å². The van der Waals surface area contributed by atoms with Crippen LogP contribution < -0.4 is 10.6 Å². The Hall–Kier alpha value is -1.70. The Morgan fingerprint density at radius 1 is 1.50 bits per heavy atom. The molecule has 1 aromatic rings. The van der Waals surface area contributed by atoms with E-state index in [0.717, 1.165) is 0 Å². The third-order valence-electron chi connectivity index (χ3n) is 2.79. The minimum absolute atomic E-state index is 0.0119. The summed E-state index contributed by atoms with van der Waals surface area (Å²) in [6, 6.07) is -0.0119. The number of rotatable bonds is 3. The highest BCUT2D eigenvalue weighted by molar-refractivity contribution is 7.17. The SMILES string of the molecule is CNc1nnc(C(=O)NC2CCC(=O)N(C)C2)s1. The smallest absolute Gasteiger partial charge is 0.282 e. The lowest BCUT2D eigenvalue weighted by atomic mass is 10.1. The van der Waals surface area contributed by atoms with Crippen LogP contribution in [0.25, 0.3) is 0 Å². The summed E-state index contributed by atoms with van der Waals surface area (Å²) in [5.74, 6) is -0.115. The molecule has 0 bridgehead atoms. The number of amides is 2. The Morgan fingerprint density at radius 2 is 2.28 bits per heavy atom. The summed E-state index contributed by atoms with van der Waals surface area (Å²) < 4.78 is 0. The number of anilines is 1. The summed E-state index contributed by atoms with van der Waals surface area (Å²) >= 11 is 1.20. The van der Waals surface area contributed by atoms with Crippen molar-refractivity contribution in [2.75, 3.05) is 26.0 Å². The van der Waals surface area contributed by atoms with Crippen molar-refractivity contribution in [1.29, 1.82) is 0 Å². The molecule has 18 heavy (non-hydrogen) atoms. The fourth-order valence-electron chi connectivity index (χ4n) is 1.79. The van der Waals surface area contributed by atoms with E-state index >= 15 is 0 Å². The largest absolute Gasteiger partial charge is 0.363 e. The molecule has 0 aromatic carbocycles. The minimum Gasteiger partial charge on any atom is -0.363 e. The van der Waals surface area contributed by atoms with Gasteiger partial charge in [0.25, 0.3) is 5.91 Å². The number of hydrogen-bond donors (Lipinski definition) is 2. The topological polar surface area (TPSA) is 87.2 Å². The van der Waals surface area contributed by atoms with Gasteiger partial charge in [0, 0.05) is 33.1 Å². The predicted molar refractivity (Wildman–Crippen MR) is 67.6 cm³/mol. The van der Waals surface area contributed by atoms with Crippen LogP contribution in [-0.4, -0.2) is 53.6 Å². The highest BCUT2D eigenvalue weighted by Gasteiger charge is 2.25. The van der Waals surface area contributed by atoms with Crippen LogP contribution in [0.1, 0.15) is 22.6 Å². The second-order valence-corrected chi connectivity index (χ2v) is 5.12. The molecule has 1 saturated heterocycles. The van der Waals surface area contributed by atoms with Crippen molar-refractivity contribution in [2.45, 2.75) is 18.9 Å². The molecule has 98 valence electrons. The number of piperidine rings is 1. The summed E-state index contributed by atoms with van der Waals surface area (Å²) in [7, 11) is 3.47. The zero-order chi connectivity index (χ0) is 13.1. The fraction of sp³-hybridized carbons (Fsp3) is 0.600. The van der Waals surface area contributed by atoms with Gasteiger partial charge in [-0.05, 0) is 6.42 Å². The molecular formula is C10H15N5O2S. The molecule has 8 heteroatoms. The van der Waals surface area contributed by atoms with Gasteiger partial charge in [0.05, 0.1) is 0 Å². The lowest BCUT2D eigenvalue weighted by Gasteiger charge is -2.29. The van der Waals surface area contributed by atoms with Gasteiger partial charge < -0.3 is 15.5 Å². The van der Waals surface area contributed by atoms with Crippen LogP contribution in [0.3, 0.4) is 0 Å². The zero-order valence-electron chi connectivity index (χ0n) is 10.3. The van der Waals surface area contributed by atoms with Gasteiger partial charge in [-0.1, -0.05) is 11.3 Å². The van der Waals surface area contributed by atoms with E-state index in [4.69, 9.17) is 0 Å². The zero-order valence-corrected chi connectivity index (χ0v) is 11.1. The molecule has 0 spiro atoms. The summed E-state index contributed by atoms with van der Waals surface area (Å²) in [5.41, 5.74) is 0. The fourth-order valence-corrected chi connectivity index (χ4v) is 2.39. The molecule has 1 fully saturated rings. The van der Waals surface area contributed by atoms with Crippen LogP contribution in [0, 0.1) is 0 Å². The predicted octanol–water partition coefficient (Wildman–Crippen LogP) is -0.0696.